The van der Waals surface area contributed by atoms with Crippen molar-refractivity contribution in [3.05, 3.63) is 40.1 Å². The van der Waals surface area contributed by atoms with Crippen molar-refractivity contribution in [3.8, 4) is 0 Å². The van der Waals surface area contributed by atoms with Crippen LogP contribution in [0.5, 0.6) is 0 Å². The Morgan fingerprint density at radius 2 is 2.43 bits per heavy atom. The summed E-state index contributed by atoms with van der Waals surface area (Å²) in [4.78, 5) is 29.8. The van der Waals surface area contributed by atoms with E-state index in [1.54, 1.807) is 22.9 Å². The van der Waals surface area contributed by atoms with Crippen LogP contribution in [0.1, 0.15) is 6.42 Å². The first kappa shape index (κ1) is 15.2. The Labute approximate surface area is 127 Å². The number of anilines is 1. The van der Waals surface area contributed by atoms with Gasteiger partial charge in [-0.3, -0.25) is 14.9 Å². The number of halogens is 1. The van der Waals surface area contributed by atoms with Crippen LogP contribution in [0.2, 0.25) is 5.02 Å². The lowest BCUT2D eigenvalue weighted by molar-refractivity contribution is -0.385. The fourth-order valence-corrected chi connectivity index (χ4v) is 2.64. The number of hydrogen-bond donors (Lipinski definition) is 0. The Hall–Kier alpha value is -2.15. The van der Waals surface area contributed by atoms with E-state index in [0.29, 0.717) is 25.3 Å². The molecule has 1 amide bonds. The molecule has 21 heavy (non-hydrogen) atoms. The molecule has 7 nitrogen and oxygen atoms in total. The van der Waals surface area contributed by atoms with Crippen molar-refractivity contribution in [2.45, 2.75) is 12.5 Å². The average molecular weight is 311 g/mol. The number of carbonyl (C=O) groups is 1. The van der Waals surface area contributed by atoms with Gasteiger partial charge in [0, 0.05) is 26.2 Å². The largest absolute Gasteiger partial charge is 0.346 e. The van der Waals surface area contributed by atoms with Crippen molar-refractivity contribution >= 4 is 29.0 Å². The molecule has 0 saturated carbocycles. The number of rotatable bonds is 5. The van der Waals surface area contributed by atoms with Gasteiger partial charge >= 0.3 is 0 Å². The van der Waals surface area contributed by atoms with Crippen LogP contribution in [-0.4, -0.2) is 46.9 Å². The number of amides is 1. The molecule has 2 heterocycles. The van der Waals surface area contributed by atoms with Crippen LogP contribution in [0.15, 0.2) is 24.9 Å². The number of likely N-dealkylation sites (N-methyl/N-ethyl adjacent to an activating group) is 1. The van der Waals surface area contributed by atoms with Crippen LogP contribution in [0.25, 0.3) is 0 Å². The molecule has 0 N–H and O–H groups in total. The minimum atomic E-state index is -0.560. The Morgan fingerprint density at radius 3 is 3.00 bits per heavy atom. The molecule has 0 unspecified atom stereocenters. The van der Waals surface area contributed by atoms with Crippen LogP contribution in [-0.2, 0) is 4.79 Å². The number of pyridine rings is 1. The lowest BCUT2D eigenvalue weighted by Crippen LogP contribution is -2.40. The molecule has 1 atom stereocenters. The van der Waals surface area contributed by atoms with Gasteiger partial charge in [0.25, 0.3) is 5.69 Å². The van der Waals surface area contributed by atoms with E-state index >= 15 is 0 Å². The third-order valence-corrected chi connectivity index (χ3v) is 3.72. The maximum Gasteiger partial charge on any atom is 0.289 e. The van der Waals surface area contributed by atoms with Gasteiger partial charge < -0.3 is 9.80 Å². The summed E-state index contributed by atoms with van der Waals surface area (Å²) in [6, 6.07) is 0.873. The third kappa shape index (κ3) is 2.97. The first-order valence-electron chi connectivity index (χ1n) is 6.38. The molecule has 1 aliphatic heterocycles. The molecule has 1 fully saturated rings. The van der Waals surface area contributed by atoms with Gasteiger partial charge in [0.1, 0.15) is 18.1 Å². The standard InChI is InChI=1S/C13H15ClN4O3/c1-3-5-17-6-4-11(13(17)19)16(2)12-10(14)7-9(8-15-12)18(20)21/h3,7-8,11H,1,4-6H2,2H3/t11-/m1/s1. The minimum Gasteiger partial charge on any atom is -0.346 e. The fraction of sp³-hybridized carbons (Fsp3) is 0.385. The summed E-state index contributed by atoms with van der Waals surface area (Å²) in [5, 5.41) is 10.8. The van der Waals surface area contributed by atoms with E-state index in [1.165, 1.54) is 6.07 Å². The number of hydrogen-bond acceptors (Lipinski definition) is 5. The maximum atomic E-state index is 12.3. The van der Waals surface area contributed by atoms with Crippen molar-refractivity contribution in [1.82, 2.24) is 9.88 Å². The van der Waals surface area contributed by atoms with Crippen LogP contribution in [0.4, 0.5) is 11.5 Å². The molecule has 0 aromatic carbocycles. The number of likely N-dealkylation sites (tertiary alicyclic amines) is 1. The van der Waals surface area contributed by atoms with Crippen molar-refractivity contribution in [1.29, 1.82) is 0 Å². The zero-order chi connectivity index (χ0) is 15.6. The van der Waals surface area contributed by atoms with Gasteiger partial charge in [0.2, 0.25) is 5.91 Å². The molecule has 1 saturated heterocycles. The van der Waals surface area contributed by atoms with Crippen LogP contribution >= 0.6 is 11.6 Å². The highest BCUT2D eigenvalue weighted by Crippen LogP contribution is 2.29. The molecular weight excluding hydrogens is 296 g/mol. The van der Waals surface area contributed by atoms with Gasteiger partial charge in [-0.25, -0.2) is 4.98 Å². The third-order valence-electron chi connectivity index (χ3n) is 3.44. The van der Waals surface area contributed by atoms with Crippen molar-refractivity contribution in [2.24, 2.45) is 0 Å². The fourth-order valence-electron chi connectivity index (χ4n) is 2.35. The lowest BCUT2D eigenvalue weighted by atomic mass is 10.2. The molecular formula is C13H15ClN4O3. The van der Waals surface area contributed by atoms with Gasteiger partial charge in [-0.2, -0.15) is 0 Å². The first-order valence-corrected chi connectivity index (χ1v) is 6.76. The summed E-state index contributed by atoms with van der Waals surface area (Å²) in [6.07, 6.45) is 3.47. The number of nitrogens with zero attached hydrogens (tertiary/aromatic N) is 4. The molecule has 0 radical (unpaired) electrons. The Balaban J connectivity index is 2.21. The Kier molecular flexibility index (Phi) is 4.42. The first-order chi connectivity index (χ1) is 9.95. The quantitative estimate of drug-likeness (QED) is 0.471. The second-order valence-corrected chi connectivity index (χ2v) is 5.15. The summed E-state index contributed by atoms with van der Waals surface area (Å²) in [5.74, 6) is 0.342. The van der Waals surface area contributed by atoms with Crippen LogP contribution < -0.4 is 4.90 Å². The normalized spacial score (nSPS) is 17.9. The van der Waals surface area contributed by atoms with Crippen molar-refractivity contribution < 1.29 is 9.72 Å². The molecule has 1 aromatic rings. The molecule has 1 aliphatic rings. The minimum absolute atomic E-state index is 0.0198. The molecule has 0 spiro atoms. The summed E-state index contributed by atoms with van der Waals surface area (Å²) >= 11 is 6.04. The van der Waals surface area contributed by atoms with Crippen LogP contribution in [0, 0.1) is 10.1 Å². The van der Waals surface area contributed by atoms with Gasteiger partial charge in [0.05, 0.1) is 9.95 Å². The van der Waals surface area contributed by atoms with Gasteiger partial charge in [0.15, 0.2) is 0 Å². The SMILES string of the molecule is C=CCN1CC[C@@H](N(C)c2ncc([N+](=O)[O-])cc2Cl)C1=O. The molecule has 0 aliphatic carbocycles. The highest BCUT2D eigenvalue weighted by molar-refractivity contribution is 6.33. The predicted molar refractivity (Wildman–Crippen MR) is 79.5 cm³/mol. The second kappa shape index (κ2) is 6.09. The predicted octanol–water partition coefficient (Wildman–Crippen LogP) is 1.87. The van der Waals surface area contributed by atoms with E-state index in [1.807, 2.05) is 0 Å². The monoisotopic (exact) mass is 310 g/mol. The smallest absolute Gasteiger partial charge is 0.289 e. The average Bonchev–Trinajstić information content (AvgIpc) is 2.80. The van der Waals surface area contributed by atoms with E-state index in [-0.39, 0.29) is 22.7 Å². The van der Waals surface area contributed by atoms with E-state index in [0.717, 1.165) is 6.20 Å². The molecule has 8 heteroatoms. The summed E-state index contributed by atoms with van der Waals surface area (Å²) in [7, 11) is 1.71. The maximum absolute atomic E-state index is 12.3. The second-order valence-electron chi connectivity index (χ2n) is 4.74. The van der Waals surface area contributed by atoms with Crippen molar-refractivity contribution in [2.75, 3.05) is 25.0 Å². The topological polar surface area (TPSA) is 79.6 Å². The summed E-state index contributed by atoms with van der Waals surface area (Å²) in [5.41, 5.74) is -0.178. The molecule has 1 aromatic heterocycles. The Bertz CT molecular complexity index is 593. The molecule has 112 valence electrons. The van der Waals surface area contributed by atoms with Crippen molar-refractivity contribution in [3.63, 3.8) is 0 Å². The number of nitro groups is 1. The summed E-state index contributed by atoms with van der Waals surface area (Å²) < 4.78 is 0. The highest BCUT2D eigenvalue weighted by Gasteiger charge is 2.35. The van der Waals surface area contributed by atoms with Crippen LogP contribution in [0.3, 0.4) is 0 Å². The van der Waals surface area contributed by atoms with Gasteiger partial charge in [-0.05, 0) is 6.42 Å². The molecule has 0 bridgehead atoms. The lowest BCUT2D eigenvalue weighted by Gasteiger charge is -2.25. The van der Waals surface area contributed by atoms with E-state index in [9.17, 15) is 14.9 Å². The number of carbonyl (C=O) groups excluding carboxylic acids is 1. The van der Waals surface area contributed by atoms with E-state index < -0.39 is 4.92 Å². The van der Waals surface area contributed by atoms with E-state index in [4.69, 9.17) is 11.6 Å². The zero-order valence-corrected chi connectivity index (χ0v) is 12.3. The van der Waals surface area contributed by atoms with Gasteiger partial charge in [-0.15, -0.1) is 6.58 Å². The highest BCUT2D eigenvalue weighted by atomic mass is 35.5. The molecule has 2 rings (SSSR count). The van der Waals surface area contributed by atoms with E-state index in [2.05, 4.69) is 11.6 Å². The zero-order valence-electron chi connectivity index (χ0n) is 11.5. The van der Waals surface area contributed by atoms with Gasteiger partial charge in [-0.1, -0.05) is 17.7 Å². The number of aromatic nitrogens is 1. The summed E-state index contributed by atoms with van der Waals surface area (Å²) in [6.45, 7) is 4.77. The Morgan fingerprint density at radius 1 is 1.71 bits per heavy atom.